The number of pyridine rings is 1. The molecule has 7 heteroatoms. The summed E-state index contributed by atoms with van der Waals surface area (Å²) in [5.41, 5.74) is 0.618. The molecule has 2 heterocycles. The Balaban J connectivity index is 2.22. The molecule has 1 aromatic rings. The fraction of sp³-hybridized carbons (Fsp3) is 0.385. The number of rotatable bonds is 1. The molecule has 0 unspecified atom stereocenters. The lowest BCUT2D eigenvalue weighted by atomic mass is 10.1. The smallest absolute Gasteiger partial charge is 0.273 e. The third-order valence-corrected chi connectivity index (χ3v) is 4.55. The van der Waals surface area contributed by atoms with Crippen molar-refractivity contribution < 1.29 is 18.3 Å². The first kappa shape index (κ1) is 14.5. The van der Waals surface area contributed by atoms with Gasteiger partial charge in [-0.05, 0) is 12.1 Å². The zero-order chi connectivity index (χ0) is 14.6. The molecule has 1 amide bonds. The van der Waals surface area contributed by atoms with Gasteiger partial charge in [0.2, 0.25) is 0 Å². The maximum atomic E-state index is 12.3. The number of aliphatic hydroxyl groups is 1. The van der Waals surface area contributed by atoms with Crippen molar-refractivity contribution in [2.24, 2.45) is 0 Å². The molecule has 106 valence electrons. The molecule has 0 radical (unpaired) electrons. The summed E-state index contributed by atoms with van der Waals surface area (Å²) in [5, 5.41) is 8.71. The second-order valence-corrected chi connectivity index (χ2v) is 6.61. The van der Waals surface area contributed by atoms with Crippen LogP contribution in [0.3, 0.4) is 0 Å². The van der Waals surface area contributed by atoms with Gasteiger partial charge in [-0.2, -0.15) is 0 Å². The van der Waals surface area contributed by atoms with Crippen LogP contribution in [0.4, 0.5) is 0 Å². The van der Waals surface area contributed by atoms with Crippen molar-refractivity contribution in [1.82, 2.24) is 9.88 Å². The molecule has 20 heavy (non-hydrogen) atoms. The normalized spacial score (nSPS) is 17.1. The van der Waals surface area contributed by atoms with E-state index in [0.29, 0.717) is 5.56 Å². The minimum atomic E-state index is -3.03. The van der Waals surface area contributed by atoms with Gasteiger partial charge in [-0.3, -0.25) is 4.79 Å². The standard InChI is InChI=1S/C13H14N2O4S/c16-8-2-4-11-3-1-5-14-12(11)13(17)15-6-9-20(18,19)10-7-15/h1,3,5,16H,6-10H2. The van der Waals surface area contributed by atoms with Gasteiger partial charge >= 0.3 is 0 Å². The molecule has 2 rings (SSSR count). The molecule has 1 aliphatic heterocycles. The van der Waals surface area contributed by atoms with Crippen LogP contribution in [-0.4, -0.2) is 60.5 Å². The summed E-state index contributed by atoms with van der Waals surface area (Å²) in [7, 11) is -3.03. The highest BCUT2D eigenvalue weighted by Gasteiger charge is 2.27. The SMILES string of the molecule is O=C(c1ncccc1C#CCO)N1CCS(=O)(=O)CC1. The molecule has 0 saturated carbocycles. The topological polar surface area (TPSA) is 87.6 Å². The van der Waals surface area contributed by atoms with E-state index in [4.69, 9.17) is 5.11 Å². The van der Waals surface area contributed by atoms with Gasteiger partial charge < -0.3 is 10.0 Å². The Labute approximate surface area is 117 Å². The zero-order valence-corrected chi connectivity index (χ0v) is 11.6. The summed E-state index contributed by atoms with van der Waals surface area (Å²) >= 11 is 0. The van der Waals surface area contributed by atoms with Crippen LogP contribution in [0.5, 0.6) is 0 Å². The average Bonchev–Trinajstić information content (AvgIpc) is 2.45. The van der Waals surface area contributed by atoms with E-state index < -0.39 is 9.84 Å². The van der Waals surface area contributed by atoms with Gasteiger partial charge in [0.25, 0.3) is 5.91 Å². The van der Waals surface area contributed by atoms with E-state index in [2.05, 4.69) is 16.8 Å². The van der Waals surface area contributed by atoms with E-state index >= 15 is 0 Å². The summed E-state index contributed by atoms with van der Waals surface area (Å²) in [5.74, 6) is 4.77. The van der Waals surface area contributed by atoms with Crippen LogP contribution in [0.2, 0.25) is 0 Å². The second-order valence-electron chi connectivity index (χ2n) is 4.30. The highest BCUT2D eigenvalue weighted by Crippen LogP contribution is 2.11. The van der Waals surface area contributed by atoms with Crippen molar-refractivity contribution in [2.45, 2.75) is 0 Å². The number of hydrogen-bond acceptors (Lipinski definition) is 5. The highest BCUT2D eigenvalue weighted by molar-refractivity contribution is 7.91. The summed E-state index contributed by atoms with van der Waals surface area (Å²) < 4.78 is 22.7. The molecular formula is C13H14N2O4S. The summed E-state index contributed by atoms with van der Waals surface area (Å²) in [4.78, 5) is 17.8. The maximum Gasteiger partial charge on any atom is 0.273 e. The minimum Gasteiger partial charge on any atom is -0.384 e. The van der Waals surface area contributed by atoms with Gasteiger partial charge in [0.1, 0.15) is 12.3 Å². The van der Waals surface area contributed by atoms with Gasteiger partial charge in [-0.1, -0.05) is 11.8 Å². The molecule has 1 aromatic heterocycles. The first-order valence-electron chi connectivity index (χ1n) is 6.08. The molecule has 1 aliphatic rings. The predicted octanol–water partition coefficient (Wildman–Crippen LogP) is -0.704. The Hall–Kier alpha value is -1.91. The number of carbonyl (C=O) groups excluding carboxylic acids is 1. The largest absolute Gasteiger partial charge is 0.384 e. The number of amides is 1. The minimum absolute atomic E-state index is 0.0246. The van der Waals surface area contributed by atoms with Gasteiger partial charge in [-0.15, -0.1) is 0 Å². The number of aromatic nitrogens is 1. The molecule has 1 fully saturated rings. The lowest BCUT2D eigenvalue weighted by Gasteiger charge is -2.26. The van der Waals surface area contributed by atoms with Gasteiger partial charge in [0.15, 0.2) is 9.84 Å². The van der Waals surface area contributed by atoms with Crippen molar-refractivity contribution >= 4 is 15.7 Å². The first-order valence-corrected chi connectivity index (χ1v) is 7.90. The number of sulfone groups is 1. The van der Waals surface area contributed by atoms with E-state index in [1.165, 1.54) is 11.1 Å². The van der Waals surface area contributed by atoms with E-state index in [9.17, 15) is 13.2 Å². The third-order valence-electron chi connectivity index (χ3n) is 2.94. The van der Waals surface area contributed by atoms with Crippen LogP contribution >= 0.6 is 0 Å². The molecular weight excluding hydrogens is 280 g/mol. The molecule has 0 atom stereocenters. The summed E-state index contributed by atoms with van der Waals surface area (Å²) in [6.07, 6.45) is 1.48. The molecule has 0 aromatic carbocycles. The monoisotopic (exact) mass is 294 g/mol. The van der Waals surface area contributed by atoms with Gasteiger partial charge in [0.05, 0.1) is 17.1 Å². The Morgan fingerprint density at radius 3 is 2.75 bits per heavy atom. The van der Waals surface area contributed by atoms with E-state index in [0.717, 1.165) is 0 Å². The number of hydrogen-bond donors (Lipinski definition) is 1. The molecule has 0 aliphatic carbocycles. The molecule has 6 nitrogen and oxygen atoms in total. The second kappa shape index (κ2) is 6.03. The van der Waals surface area contributed by atoms with E-state index in [1.54, 1.807) is 12.1 Å². The Bertz CT molecular complexity index is 659. The highest BCUT2D eigenvalue weighted by atomic mass is 32.2. The fourth-order valence-electron chi connectivity index (χ4n) is 1.88. The third kappa shape index (κ3) is 3.35. The molecule has 0 bridgehead atoms. The predicted molar refractivity (Wildman–Crippen MR) is 72.8 cm³/mol. The average molecular weight is 294 g/mol. The van der Waals surface area contributed by atoms with E-state index in [-0.39, 0.29) is 42.8 Å². The number of carbonyl (C=O) groups is 1. The van der Waals surface area contributed by atoms with Crippen LogP contribution < -0.4 is 0 Å². The quantitative estimate of drug-likeness (QED) is 0.692. The van der Waals surface area contributed by atoms with Crippen molar-refractivity contribution in [2.75, 3.05) is 31.2 Å². The molecule has 1 N–H and O–H groups in total. The molecule has 0 spiro atoms. The van der Waals surface area contributed by atoms with Crippen LogP contribution in [0.1, 0.15) is 16.1 Å². The Morgan fingerprint density at radius 2 is 2.10 bits per heavy atom. The Kier molecular flexibility index (Phi) is 4.37. The van der Waals surface area contributed by atoms with E-state index in [1.807, 2.05) is 0 Å². The number of aliphatic hydroxyl groups excluding tert-OH is 1. The lowest BCUT2D eigenvalue weighted by molar-refractivity contribution is 0.0764. The van der Waals surface area contributed by atoms with Gasteiger partial charge in [-0.25, -0.2) is 13.4 Å². The van der Waals surface area contributed by atoms with Crippen molar-refractivity contribution in [3.05, 3.63) is 29.6 Å². The van der Waals surface area contributed by atoms with Crippen LogP contribution in [-0.2, 0) is 9.84 Å². The molecule has 1 saturated heterocycles. The van der Waals surface area contributed by atoms with Gasteiger partial charge in [0, 0.05) is 19.3 Å². The first-order chi connectivity index (χ1) is 9.53. The maximum absolute atomic E-state index is 12.3. The van der Waals surface area contributed by atoms with Crippen LogP contribution in [0.15, 0.2) is 18.3 Å². The van der Waals surface area contributed by atoms with Crippen molar-refractivity contribution in [3.63, 3.8) is 0 Å². The fourth-order valence-corrected chi connectivity index (χ4v) is 3.08. The summed E-state index contributed by atoms with van der Waals surface area (Å²) in [6.45, 7) is 0.0414. The van der Waals surface area contributed by atoms with Crippen LogP contribution in [0, 0.1) is 11.8 Å². The van der Waals surface area contributed by atoms with Crippen LogP contribution in [0.25, 0.3) is 0 Å². The number of nitrogens with zero attached hydrogens (tertiary/aromatic N) is 2. The van der Waals surface area contributed by atoms with Crippen molar-refractivity contribution in [1.29, 1.82) is 0 Å². The zero-order valence-electron chi connectivity index (χ0n) is 10.7. The lowest BCUT2D eigenvalue weighted by Crippen LogP contribution is -2.44. The summed E-state index contributed by atoms with van der Waals surface area (Å²) in [6, 6.07) is 3.29. The Morgan fingerprint density at radius 1 is 1.40 bits per heavy atom. The van der Waals surface area contributed by atoms with Crippen molar-refractivity contribution in [3.8, 4) is 11.8 Å².